The van der Waals surface area contributed by atoms with Crippen molar-refractivity contribution in [3.05, 3.63) is 35.7 Å². The molecule has 24 heavy (non-hydrogen) atoms. The van der Waals surface area contributed by atoms with Gasteiger partial charge in [-0.05, 0) is 37.1 Å². The summed E-state index contributed by atoms with van der Waals surface area (Å²) in [5.41, 5.74) is 0.293. The molecular formula is C15H17N3O5S. The second kappa shape index (κ2) is 6.70. The molecule has 1 aromatic carbocycles. The van der Waals surface area contributed by atoms with E-state index in [4.69, 9.17) is 9.15 Å². The molecule has 1 aliphatic heterocycles. The fraction of sp³-hybridized carbons (Fsp3) is 0.400. The van der Waals surface area contributed by atoms with Gasteiger partial charge in [0.1, 0.15) is 6.10 Å². The number of hydrogen-bond acceptors (Lipinski definition) is 7. The lowest BCUT2D eigenvalue weighted by Gasteiger charge is -2.04. The summed E-state index contributed by atoms with van der Waals surface area (Å²) in [5, 5.41) is 10.1. The summed E-state index contributed by atoms with van der Waals surface area (Å²) < 4.78 is 34.3. The molecule has 1 saturated heterocycles. The highest BCUT2D eigenvalue weighted by Gasteiger charge is 2.24. The van der Waals surface area contributed by atoms with Crippen LogP contribution in [0, 0.1) is 0 Å². The number of anilines is 1. The summed E-state index contributed by atoms with van der Waals surface area (Å²) >= 11 is 0. The summed E-state index contributed by atoms with van der Waals surface area (Å²) in [4.78, 5) is 12.3. The van der Waals surface area contributed by atoms with Crippen LogP contribution in [0.4, 0.5) is 6.01 Å². The van der Waals surface area contributed by atoms with Gasteiger partial charge in [-0.2, -0.15) is 0 Å². The SMILES string of the molecule is CCS(=O)(=O)c1ccc(C(=O)Nc2nnc(C3CCCO3)o2)cc1. The molecule has 1 unspecified atom stereocenters. The molecule has 1 amide bonds. The molecule has 0 saturated carbocycles. The maximum absolute atomic E-state index is 12.2. The first kappa shape index (κ1) is 16.6. The van der Waals surface area contributed by atoms with Gasteiger partial charge in [0.2, 0.25) is 5.89 Å². The zero-order chi connectivity index (χ0) is 17.2. The number of nitrogens with zero attached hydrogens (tertiary/aromatic N) is 2. The third kappa shape index (κ3) is 3.46. The van der Waals surface area contributed by atoms with E-state index in [2.05, 4.69) is 15.5 Å². The van der Waals surface area contributed by atoms with E-state index in [0.717, 1.165) is 12.8 Å². The Kier molecular flexibility index (Phi) is 4.63. The summed E-state index contributed by atoms with van der Waals surface area (Å²) in [6, 6.07) is 5.67. The number of aromatic nitrogens is 2. The van der Waals surface area contributed by atoms with E-state index in [-0.39, 0.29) is 22.8 Å². The Labute approximate surface area is 139 Å². The molecule has 9 heteroatoms. The van der Waals surface area contributed by atoms with Gasteiger partial charge in [0, 0.05) is 12.2 Å². The van der Waals surface area contributed by atoms with Gasteiger partial charge in [-0.1, -0.05) is 12.0 Å². The number of sulfone groups is 1. The van der Waals surface area contributed by atoms with Crippen molar-refractivity contribution in [2.24, 2.45) is 0 Å². The predicted octanol–water partition coefficient (Wildman–Crippen LogP) is 1.97. The van der Waals surface area contributed by atoms with Crippen LogP contribution in [0.15, 0.2) is 33.6 Å². The maximum Gasteiger partial charge on any atom is 0.322 e. The predicted molar refractivity (Wildman–Crippen MR) is 84.3 cm³/mol. The van der Waals surface area contributed by atoms with Crippen LogP contribution in [0.2, 0.25) is 0 Å². The third-order valence-corrected chi connectivity index (χ3v) is 5.47. The first-order valence-corrected chi connectivity index (χ1v) is 9.24. The Morgan fingerprint density at radius 1 is 1.29 bits per heavy atom. The van der Waals surface area contributed by atoms with Crippen LogP contribution < -0.4 is 5.32 Å². The molecule has 1 aromatic heterocycles. The van der Waals surface area contributed by atoms with Gasteiger partial charge in [0.15, 0.2) is 9.84 Å². The summed E-state index contributed by atoms with van der Waals surface area (Å²) in [6.07, 6.45) is 1.52. The first-order valence-electron chi connectivity index (χ1n) is 7.59. The molecule has 0 spiro atoms. The van der Waals surface area contributed by atoms with E-state index in [9.17, 15) is 13.2 Å². The molecule has 0 radical (unpaired) electrons. The fourth-order valence-corrected chi connectivity index (χ4v) is 3.22. The highest BCUT2D eigenvalue weighted by Crippen LogP contribution is 2.28. The Bertz CT molecular complexity index is 823. The van der Waals surface area contributed by atoms with Crippen LogP contribution in [0.25, 0.3) is 0 Å². The average Bonchev–Trinajstić information content (AvgIpc) is 3.26. The lowest BCUT2D eigenvalue weighted by atomic mass is 10.2. The summed E-state index contributed by atoms with van der Waals surface area (Å²) in [7, 11) is -3.29. The van der Waals surface area contributed by atoms with Crippen LogP contribution in [0.5, 0.6) is 0 Å². The Morgan fingerprint density at radius 2 is 2.04 bits per heavy atom. The van der Waals surface area contributed by atoms with Crippen LogP contribution >= 0.6 is 0 Å². The molecule has 128 valence electrons. The van der Waals surface area contributed by atoms with E-state index in [1.165, 1.54) is 24.3 Å². The third-order valence-electron chi connectivity index (χ3n) is 3.72. The van der Waals surface area contributed by atoms with E-state index < -0.39 is 15.7 Å². The molecule has 0 bridgehead atoms. The Balaban J connectivity index is 1.68. The number of hydrogen-bond donors (Lipinski definition) is 1. The summed E-state index contributed by atoms with van der Waals surface area (Å²) in [5.74, 6) is -0.114. The number of benzene rings is 1. The van der Waals surface area contributed by atoms with Crippen molar-refractivity contribution in [3.63, 3.8) is 0 Å². The minimum absolute atomic E-state index is 0.00649. The number of rotatable bonds is 5. The number of amides is 1. The molecule has 2 heterocycles. The normalized spacial score (nSPS) is 17.8. The first-order chi connectivity index (χ1) is 11.5. The van der Waals surface area contributed by atoms with E-state index in [1.807, 2.05) is 0 Å². The lowest BCUT2D eigenvalue weighted by Crippen LogP contribution is -2.12. The molecule has 1 atom stereocenters. The van der Waals surface area contributed by atoms with Gasteiger partial charge in [0.25, 0.3) is 5.91 Å². The van der Waals surface area contributed by atoms with E-state index >= 15 is 0 Å². The number of carbonyl (C=O) groups excluding carboxylic acids is 1. The lowest BCUT2D eigenvalue weighted by molar-refractivity contribution is 0.0893. The van der Waals surface area contributed by atoms with Crippen LogP contribution in [-0.2, 0) is 14.6 Å². The highest BCUT2D eigenvalue weighted by atomic mass is 32.2. The van der Waals surface area contributed by atoms with Crippen molar-refractivity contribution < 1.29 is 22.4 Å². The van der Waals surface area contributed by atoms with E-state index in [0.29, 0.717) is 18.1 Å². The van der Waals surface area contributed by atoms with Crippen molar-refractivity contribution >= 4 is 21.8 Å². The van der Waals surface area contributed by atoms with Gasteiger partial charge in [-0.15, -0.1) is 5.10 Å². The van der Waals surface area contributed by atoms with Gasteiger partial charge < -0.3 is 9.15 Å². The highest BCUT2D eigenvalue weighted by molar-refractivity contribution is 7.91. The van der Waals surface area contributed by atoms with Crippen molar-refractivity contribution in [3.8, 4) is 0 Å². The van der Waals surface area contributed by atoms with Crippen molar-refractivity contribution in [1.82, 2.24) is 10.2 Å². The largest absolute Gasteiger partial charge is 0.405 e. The molecule has 3 rings (SSSR count). The van der Waals surface area contributed by atoms with Crippen LogP contribution in [0.1, 0.15) is 42.1 Å². The van der Waals surface area contributed by atoms with E-state index in [1.54, 1.807) is 6.92 Å². The molecule has 2 aromatic rings. The Morgan fingerprint density at radius 3 is 2.67 bits per heavy atom. The number of carbonyl (C=O) groups is 1. The molecule has 1 fully saturated rings. The number of ether oxygens (including phenoxy) is 1. The quantitative estimate of drug-likeness (QED) is 0.876. The molecule has 1 N–H and O–H groups in total. The molecule has 1 aliphatic rings. The minimum Gasteiger partial charge on any atom is -0.405 e. The molecule has 0 aliphatic carbocycles. The second-order valence-electron chi connectivity index (χ2n) is 5.33. The standard InChI is InChI=1S/C15H17N3O5S/c1-2-24(20,21)11-7-5-10(6-8-11)13(19)16-15-18-17-14(23-15)12-4-3-9-22-12/h5-8,12H,2-4,9H2,1H3,(H,16,18,19). The van der Waals surface area contributed by atoms with Gasteiger partial charge in [-0.25, -0.2) is 8.42 Å². The minimum atomic E-state index is -3.29. The zero-order valence-corrected chi connectivity index (χ0v) is 13.9. The van der Waals surface area contributed by atoms with Crippen LogP contribution in [-0.4, -0.2) is 36.9 Å². The maximum atomic E-state index is 12.2. The van der Waals surface area contributed by atoms with Crippen molar-refractivity contribution in [1.29, 1.82) is 0 Å². The molecular weight excluding hydrogens is 334 g/mol. The Hall–Kier alpha value is -2.26. The van der Waals surface area contributed by atoms with Crippen molar-refractivity contribution in [2.75, 3.05) is 17.7 Å². The molecule has 8 nitrogen and oxygen atoms in total. The fourth-order valence-electron chi connectivity index (χ4n) is 2.34. The topological polar surface area (TPSA) is 111 Å². The zero-order valence-electron chi connectivity index (χ0n) is 13.1. The van der Waals surface area contributed by atoms with Gasteiger partial charge in [-0.3, -0.25) is 10.1 Å². The van der Waals surface area contributed by atoms with Crippen molar-refractivity contribution in [2.45, 2.75) is 30.8 Å². The monoisotopic (exact) mass is 351 g/mol. The van der Waals surface area contributed by atoms with Gasteiger partial charge >= 0.3 is 6.01 Å². The number of nitrogens with one attached hydrogen (secondary N) is 1. The summed E-state index contributed by atoms with van der Waals surface area (Å²) in [6.45, 7) is 2.22. The second-order valence-corrected chi connectivity index (χ2v) is 7.61. The van der Waals surface area contributed by atoms with Crippen LogP contribution in [0.3, 0.4) is 0 Å². The smallest absolute Gasteiger partial charge is 0.322 e. The average molecular weight is 351 g/mol. The van der Waals surface area contributed by atoms with Gasteiger partial charge in [0.05, 0.1) is 10.6 Å².